The molecule has 0 radical (unpaired) electrons. The van der Waals surface area contributed by atoms with Gasteiger partial charge in [-0.2, -0.15) is 0 Å². The first-order valence-corrected chi connectivity index (χ1v) is 9.24. The number of nitrogens with zero attached hydrogens (tertiary/aromatic N) is 3. The Morgan fingerprint density at radius 1 is 1.00 bits per heavy atom. The Morgan fingerprint density at radius 2 is 1.62 bits per heavy atom. The van der Waals surface area contributed by atoms with E-state index < -0.39 is 5.97 Å². The van der Waals surface area contributed by atoms with Crippen LogP contribution in [0.4, 0.5) is 11.5 Å². The van der Waals surface area contributed by atoms with E-state index in [1.54, 1.807) is 6.92 Å². The van der Waals surface area contributed by atoms with Crippen molar-refractivity contribution in [2.45, 2.75) is 20.8 Å². The second-order valence-electron chi connectivity index (χ2n) is 6.96. The number of hydrogen-bond acceptors (Lipinski definition) is 5. The molecule has 0 aliphatic carbocycles. The third-order valence-electron chi connectivity index (χ3n) is 4.77. The monoisotopic (exact) mass is 388 g/mol. The molecule has 0 amide bonds. The third-order valence-corrected chi connectivity index (χ3v) is 4.77. The summed E-state index contributed by atoms with van der Waals surface area (Å²) in [5, 5.41) is 9.63. The molecule has 0 saturated carbocycles. The van der Waals surface area contributed by atoms with Gasteiger partial charge in [0.05, 0.1) is 0 Å². The molecule has 3 N–H and O–H groups in total. The lowest BCUT2D eigenvalue weighted by molar-refractivity contribution is 0.0690. The fourth-order valence-electron chi connectivity index (χ4n) is 3.31. The summed E-state index contributed by atoms with van der Waals surface area (Å²) in [5.41, 5.74) is 11.2. The average Bonchev–Trinajstić information content (AvgIpc) is 2.70. The van der Waals surface area contributed by atoms with Crippen molar-refractivity contribution in [3.05, 3.63) is 88.5 Å². The van der Waals surface area contributed by atoms with Gasteiger partial charge in [-0.25, -0.2) is 14.8 Å². The summed E-state index contributed by atoms with van der Waals surface area (Å²) < 4.78 is 0. The molecule has 0 saturated heterocycles. The summed E-state index contributed by atoms with van der Waals surface area (Å²) in [7, 11) is 1.84. The molecule has 3 aromatic rings. The summed E-state index contributed by atoms with van der Waals surface area (Å²) in [4.78, 5) is 22.6. The normalized spacial score (nSPS) is 11.7. The van der Waals surface area contributed by atoms with E-state index in [2.05, 4.69) is 9.97 Å². The number of hydrogen-bond donors (Lipinski definition) is 2. The molecule has 0 fully saturated rings. The summed E-state index contributed by atoms with van der Waals surface area (Å²) in [6.45, 7) is 5.76. The summed E-state index contributed by atoms with van der Waals surface area (Å²) in [6.07, 6.45) is 0. The van der Waals surface area contributed by atoms with Crippen molar-refractivity contribution in [1.82, 2.24) is 9.97 Å². The number of nitrogens with two attached hydrogens (primary N) is 1. The number of anilines is 2. The minimum atomic E-state index is -1.12. The van der Waals surface area contributed by atoms with Crippen molar-refractivity contribution >= 4 is 23.0 Å². The van der Waals surface area contributed by atoms with Crippen LogP contribution in [0.3, 0.4) is 0 Å². The number of aromatic carboxylic acids is 1. The van der Waals surface area contributed by atoms with Crippen molar-refractivity contribution in [3.8, 4) is 0 Å². The lowest BCUT2D eigenvalue weighted by Crippen LogP contribution is -2.16. The van der Waals surface area contributed by atoms with Gasteiger partial charge < -0.3 is 15.7 Å². The van der Waals surface area contributed by atoms with E-state index in [1.165, 1.54) is 6.07 Å². The highest BCUT2D eigenvalue weighted by Crippen LogP contribution is 2.31. The molecule has 29 heavy (non-hydrogen) atoms. The van der Waals surface area contributed by atoms with Crippen molar-refractivity contribution in [2.75, 3.05) is 11.9 Å². The zero-order valence-electron chi connectivity index (χ0n) is 17.0. The molecule has 2 aromatic carbocycles. The maximum atomic E-state index is 11.8. The molecular weight excluding hydrogens is 364 g/mol. The van der Waals surface area contributed by atoms with Gasteiger partial charge in [-0.1, -0.05) is 36.4 Å². The SMILES string of the molecule is CC(N)=C(c1nc(C(=O)O)cc(N(C)c2ccccc2)n1)c1c(C)cccc1C. The number of aromatic nitrogens is 2. The maximum Gasteiger partial charge on any atom is 0.354 e. The van der Waals surface area contributed by atoms with E-state index in [-0.39, 0.29) is 5.69 Å². The van der Waals surface area contributed by atoms with Gasteiger partial charge in [0.25, 0.3) is 0 Å². The molecule has 0 aliphatic heterocycles. The van der Waals surface area contributed by atoms with Gasteiger partial charge >= 0.3 is 5.97 Å². The molecule has 1 aromatic heterocycles. The van der Waals surface area contributed by atoms with Crippen molar-refractivity contribution in [1.29, 1.82) is 0 Å². The summed E-state index contributed by atoms with van der Waals surface area (Å²) >= 11 is 0. The number of aryl methyl sites for hydroxylation is 2. The molecule has 6 heteroatoms. The Kier molecular flexibility index (Phi) is 5.64. The van der Waals surface area contributed by atoms with Crippen LogP contribution in [0.5, 0.6) is 0 Å². The third kappa shape index (κ3) is 4.11. The van der Waals surface area contributed by atoms with Crippen LogP contribution in [-0.2, 0) is 0 Å². The van der Waals surface area contributed by atoms with Gasteiger partial charge in [-0.3, -0.25) is 0 Å². The molecule has 3 rings (SSSR count). The van der Waals surface area contributed by atoms with Crippen LogP contribution in [0.2, 0.25) is 0 Å². The Morgan fingerprint density at radius 3 is 2.17 bits per heavy atom. The van der Waals surface area contributed by atoms with E-state index in [1.807, 2.05) is 74.3 Å². The fraction of sp³-hybridized carbons (Fsp3) is 0.174. The first-order chi connectivity index (χ1) is 13.8. The van der Waals surface area contributed by atoms with E-state index in [0.717, 1.165) is 22.4 Å². The van der Waals surface area contributed by atoms with Gasteiger partial charge in [-0.05, 0) is 49.6 Å². The molecule has 0 spiro atoms. The van der Waals surface area contributed by atoms with Crippen LogP contribution in [0.25, 0.3) is 5.57 Å². The number of allylic oxidation sites excluding steroid dienone is 1. The Labute approximate surface area is 170 Å². The predicted molar refractivity (Wildman–Crippen MR) is 115 cm³/mol. The summed E-state index contributed by atoms with van der Waals surface area (Å²) in [6, 6.07) is 17.0. The van der Waals surface area contributed by atoms with Crippen LogP contribution in [0, 0.1) is 13.8 Å². The lowest BCUT2D eigenvalue weighted by atomic mass is 9.94. The topological polar surface area (TPSA) is 92.3 Å². The highest BCUT2D eigenvalue weighted by atomic mass is 16.4. The van der Waals surface area contributed by atoms with Crippen LogP contribution < -0.4 is 10.6 Å². The number of carbonyl (C=O) groups is 1. The number of para-hydroxylation sites is 1. The molecule has 0 atom stereocenters. The largest absolute Gasteiger partial charge is 0.477 e. The molecule has 0 unspecified atom stereocenters. The van der Waals surface area contributed by atoms with Gasteiger partial charge in [0.15, 0.2) is 11.5 Å². The van der Waals surface area contributed by atoms with E-state index in [0.29, 0.717) is 22.9 Å². The number of benzene rings is 2. The van der Waals surface area contributed by atoms with Crippen LogP contribution in [0.15, 0.2) is 60.3 Å². The Balaban J connectivity index is 2.24. The zero-order valence-corrected chi connectivity index (χ0v) is 17.0. The highest BCUT2D eigenvalue weighted by molar-refractivity contribution is 5.89. The quantitative estimate of drug-likeness (QED) is 0.677. The van der Waals surface area contributed by atoms with Crippen molar-refractivity contribution < 1.29 is 9.90 Å². The first-order valence-electron chi connectivity index (χ1n) is 9.24. The van der Waals surface area contributed by atoms with Gasteiger partial charge in [0.1, 0.15) is 5.82 Å². The van der Waals surface area contributed by atoms with Crippen molar-refractivity contribution in [2.24, 2.45) is 5.73 Å². The number of rotatable bonds is 5. The average molecular weight is 388 g/mol. The van der Waals surface area contributed by atoms with E-state index in [4.69, 9.17) is 5.73 Å². The lowest BCUT2D eigenvalue weighted by Gasteiger charge is -2.21. The predicted octanol–water partition coefficient (Wildman–Crippen LogP) is 4.30. The molecule has 6 nitrogen and oxygen atoms in total. The van der Waals surface area contributed by atoms with Crippen LogP contribution in [0.1, 0.15) is 39.9 Å². The molecule has 0 bridgehead atoms. The highest BCUT2D eigenvalue weighted by Gasteiger charge is 2.20. The molecule has 1 heterocycles. The van der Waals surface area contributed by atoms with Gasteiger partial charge in [0.2, 0.25) is 0 Å². The van der Waals surface area contributed by atoms with Gasteiger partial charge in [0, 0.05) is 30.1 Å². The van der Waals surface area contributed by atoms with Crippen molar-refractivity contribution in [3.63, 3.8) is 0 Å². The minimum Gasteiger partial charge on any atom is -0.477 e. The Bertz CT molecular complexity index is 1070. The smallest absolute Gasteiger partial charge is 0.354 e. The zero-order chi connectivity index (χ0) is 21.1. The standard InChI is InChI=1S/C23H24N4O2/c1-14-9-8-10-15(2)20(14)21(16(3)24)22-25-18(23(28)29)13-19(26-22)27(4)17-11-6-5-7-12-17/h5-13H,24H2,1-4H3,(H,28,29). The first kappa shape index (κ1) is 20.1. The van der Waals surface area contributed by atoms with Crippen LogP contribution >= 0.6 is 0 Å². The summed E-state index contributed by atoms with van der Waals surface area (Å²) in [5.74, 6) is -0.351. The maximum absolute atomic E-state index is 11.8. The molecular formula is C23H24N4O2. The van der Waals surface area contributed by atoms with Gasteiger partial charge in [-0.15, -0.1) is 0 Å². The van der Waals surface area contributed by atoms with Crippen LogP contribution in [-0.4, -0.2) is 28.1 Å². The number of carboxylic acids is 1. The molecule has 148 valence electrons. The fourth-order valence-corrected chi connectivity index (χ4v) is 3.31. The number of carboxylic acid groups (broad SMARTS) is 1. The minimum absolute atomic E-state index is 0.0854. The second-order valence-corrected chi connectivity index (χ2v) is 6.96. The Hall–Kier alpha value is -3.67. The van der Waals surface area contributed by atoms with E-state index >= 15 is 0 Å². The second kappa shape index (κ2) is 8.14. The van der Waals surface area contributed by atoms with E-state index in [9.17, 15) is 9.90 Å². The molecule has 0 aliphatic rings.